The third kappa shape index (κ3) is 5.84. The minimum Gasteiger partial charge on any atom is -0.353 e. The number of carbonyl (C=O) groups is 5. The third-order valence-corrected chi connectivity index (χ3v) is 4.95. The lowest BCUT2D eigenvalue weighted by Crippen LogP contribution is -2.52. The number of imide groups is 1. The molecule has 2 N–H and O–H groups in total. The maximum absolute atomic E-state index is 12.5. The molecule has 0 bridgehead atoms. The van der Waals surface area contributed by atoms with Crippen molar-refractivity contribution < 1.29 is 24.0 Å². The summed E-state index contributed by atoms with van der Waals surface area (Å²) in [7, 11) is 1.45. The molecule has 0 aliphatic carbocycles. The van der Waals surface area contributed by atoms with E-state index in [0.29, 0.717) is 18.4 Å². The Hall–Kier alpha value is -3.29. The van der Waals surface area contributed by atoms with Crippen LogP contribution in [-0.4, -0.2) is 48.3 Å². The fourth-order valence-electron chi connectivity index (χ4n) is 3.23. The van der Waals surface area contributed by atoms with Gasteiger partial charge in [0.2, 0.25) is 17.7 Å². The number of anilines is 1. The lowest BCUT2D eigenvalue weighted by Gasteiger charge is -2.29. The zero-order chi connectivity index (χ0) is 21.4. The Bertz CT molecular complexity index is 833. The topological polar surface area (TPSA) is 113 Å². The van der Waals surface area contributed by atoms with Gasteiger partial charge in [0.25, 0.3) is 0 Å². The summed E-state index contributed by atoms with van der Waals surface area (Å²) in [6, 6.07) is 6.55. The highest BCUT2D eigenvalue weighted by Gasteiger charge is 2.31. The number of hydrogen-bond acceptors (Lipinski definition) is 6. The molecule has 1 aliphatic heterocycles. The predicted octanol–water partition coefficient (Wildman–Crippen LogP) is 1.53. The van der Waals surface area contributed by atoms with Crippen molar-refractivity contribution in [1.29, 1.82) is 0 Å². The maximum Gasteiger partial charge on any atom is 0.249 e. The van der Waals surface area contributed by atoms with Crippen LogP contribution in [0.4, 0.5) is 5.69 Å². The first-order valence-corrected chi connectivity index (χ1v) is 9.47. The molecular weight excluding hydrogens is 374 g/mol. The zero-order valence-corrected chi connectivity index (χ0v) is 16.5. The number of carbonyl (C=O) groups excluding carboxylic acids is 5. The summed E-state index contributed by atoms with van der Waals surface area (Å²) >= 11 is 0. The first kappa shape index (κ1) is 22.0. The summed E-state index contributed by atoms with van der Waals surface area (Å²) in [5.41, 5.74) is 1.61. The molecule has 29 heavy (non-hydrogen) atoms. The second kappa shape index (κ2) is 10.3. The molecule has 1 heterocycles. The fraction of sp³-hybridized carbons (Fsp3) is 0.381. The van der Waals surface area contributed by atoms with Crippen LogP contribution in [0.1, 0.15) is 44.1 Å². The summed E-state index contributed by atoms with van der Waals surface area (Å²) in [6.07, 6.45) is 4.12. The van der Waals surface area contributed by atoms with Crippen LogP contribution in [0.3, 0.4) is 0 Å². The molecule has 2 unspecified atom stereocenters. The van der Waals surface area contributed by atoms with E-state index in [2.05, 4.69) is 10.6 Å². The average Bonchev–Trinajstić information content (AvgIpc) is 2.71. The molecule has 0 radical (unpaired) electrons. The number of allylic oxidation sites excluding steroid dienone is 1. The van der Waals surface area contributed by atoms with Crippen LogP contribution in [0.15, 0.2) is 36.0 Å². The number of benzene rings is 1. The van der Waals surface area contributed by atoms with E-state index in [-0.39, 0.29) is 30.4 Å². The Kier molecular flexibility index (Phi) is 7.82. The van der Waals surface area contributed by atoms with Crippen LogP contribution in [0.2, 0.25) is 0 Å². The Labute approximate surface area is 169 Å². The first-order valence-electron chi connectivity index (χ1n) is 9.47. The minimum atomic E-state index is -0.763. The van der Waals surface area contributed by atoms with Gasteiger partial charge in [0.1, 0.15) is 12.3 Å². The van der Waals surface area contributed by atoms with Gasteiger partial charge in [-0.15, -0.1) is 0 Å². The standard InChI is InChI=1S/C21H25N3O5/c1-3-14(9-10-25)15-5-4-6-16(11-15)22-17(13-26)12-20(28)24(2)18-7-8-19(27)23-21(18)29/h4-6,10-14,18,22H,3,7-9H2,1-2H3,(H,23,27,29)/b17-12+. The van der Waals surface area contributed by atoms with Crippen molar-refractivity contribution in [2.45, 2.75) is 44.6 Å². The van der Waals surface area contributed by atoms with Crippen molar-refractivity contribution in [3.63, 3.8) is 0 Å². The normalized spacial score (nSPS) is 17.9. The van der Waals surface area contributed by atoms with Gasteiger partial charge < -0.3 is 15.0 Å². The molecule has 1 aromatic carbocycles. The monoisotopic (exact) mass is 399 g/mol. The lowest BCUT2D eigenvalue weighted by atomic mass is 9.93. The highest BCUT2D eigenvalue weighted by Crippen LogP contribution is 2.25. The number of piperidine rings is 1. The second-order valence-corrected chi connectivity index (χ2v) is 6.89. The van der Waals surface area contributed by atoms with E-state index in [1.165, 1.54) is 11.9 Å². The summed E-state index contributed by atoms with van der Waals surface area (Å²) < 4.78 is 0. The molecule has 154 valence electrons. The Morgan fingerprint density at radius 3 is 2.72 bits per heavy atom. The van der Waals surface area contributed by atoms with E-state index in [1.54, 1.807) is 6.07 Å². The molecule has 1 fully saturated rings. The molecule has 8 nitrogen and oxygen atoms in total. The molecule has 1 aromatic rings. The summed E-state index contributed by atoms with van der Waals surface area (Å²) in [5.74, 6) is -1.34. The highest BCUT2D eigenvalue weighted by molar-refractivity contribution is 6.03. The van der Waals surface area contributed by atoms with E-state index < -0.39 is 17.9 Å². The van der Waals surface area contributed by atoms with E-state index in [9.17, 15) is 24.0 Å². The quantitative estimate of drug-likeness (QED) is 0.370. The van der Waals surface area contributed by atoms with E-state index in [0.717, 1.165) is 24.3 Å². The van der Waals surface area contributed by atoms with Crippen LogP contribution >= 0.6 is 0 Å². The van der Waals surface area contributed by atoms with Crippen molar-refractivity contribution in [2.24, 2.45) is 0 Å². The number of hydrogen-bond donors (Lipinski definition) is 2. The van der Waals surface area contributed by atoms with Gasteiger partial charge in [0, 0.05) is 31.7 Å². The van der Waals surface area contributed by atoms with Crippen LogP contribution < -0.4 is 10.6 Å². The smallest absolute Gasteiger partial charge is 0.249 e. The fourth-order valence-corrected chi connectivity index (χ4v) is 3.23. The SMILES string of the molecule is CCC(CC=O)c1cccc(N/C(C=O)=C/C(=O)N(C)C2CCC(=O)NC2=O)c1. The molecule has 1 aliphatic rings. The molecule has 2 atom stereocenters. The lowest BCUT2D eigenvalue weighted by molar-refractivity contribution is -0.142. The van der Waals surface area contributed by atoms with Crippen LogP contribution in [0, 0.1) is 0 Å². The largest absolute Gasteiger partial charge is 0.353 e. The number of rotatable bonds is 9. The molecule has 0 aromatic heterocycles. The zero-order valence-electron chi connectivity index (χ0n) is 16.5. The molecule has 2 rings (SSSR count). The third-order valence-electron chi connectivity index (χ3n) is 4.95. The Morgan fingerprint density at radius 2 is 2.10 bits per heavy atom. The van der Waals surface area contributed by atoms with E-state index in [4.69, 9.17) is 0 Å². The van der Waals surface area contributed by atoms with E-state index >= 15 is 0 Å². The molecule has 8 heteroatoms. The van der Waals surface area contributed by atoms with Gasteiger partial charge in [0.05, 0.1) is 5.70 Å². The van der Waals surface area contributed by atoms with Crippen LogP contribution in [-0.2, 0) is 24.0 Å². The molecule has 0 spiro atoms. The van der Waals surface area contributed by atoms with Gasteiger partial charge in [-0.1, -0.05) is 19.1 Å². The van der Waals surface area contributed by atoms with Crippen molar-refractivity contribution >= 4 is 36.0 Å². The maximum atomic E-state index is 12.5. The minimum absolute atomic E-state index is 0.0368. The molecule has 1 saturated heterocycles. The van der Waals surface area contributed by atoms with Gasteiger partial charge >= 0.3 is 0 Å². The van der Waals surface area contributed by atoms with Crippen molar-refractivity contribution in [1.82, 2.24) is 10.2 Å². The average molecular weight is 399 g/mol. The highest BCUT2D eigenvalue weighted by atomic mass is 16.2. The number of amides is 3. The summed E-state index contributed by atoms with van der Waals surface area (Å²) in [5, 5.41) is 5.10. The summed E-state index contributed by atoms with van der Waals surface area (Å²) in [4.78, 5) is 59.2. The van der Waals surface area contributed by atoms with Crippen LogP contribution in [0.25, 0.3) is 0 Å². The van der Waals surface area contributed by atoms with Gasteiger partial charge in [-0.2, -0.15) is 0 Å². The summed E-state index contributed by atoms with van der Waals surface area (Å²) in [6.45, 7) is 1.99. The molecule has 0 saturated carbocycles. The van der Waals surface area contributed by atoms with Crippen molar-refractivity contribution in [3.05, 3.63) is 41.6 Å². The van der Waals surface area contributed by atoms with E-state index in [1.807, 2.05) is 25.1 Å². The Morgan fingerprint density at radius 1 is 1.34 bits per heavy atom. The number of likely N-dealkylation sites (N-methyl/N-ethyl adjacent to an activating group) is 1. The predicted molar refractivity (Wildman–Crippen MR) is 107 cm³/mol. The second-order valence-electron chi connectivity index (χ2n) is 6.89. The van der Waals surface area contributed by atoms with Crippen LogP contribution in [0.5, 0.6) is 0 Å². The van der Waals surface area contributed by atoms with Gasteiger partial charge in [-0.25, -0.2) is 0 Å². The molecule has 3 amide bonds. The number of aldehydes is 2. The van der Waals surface area contributed by atoms with Crippen molar-refractivity contribution in [3.8, 4) is 0 Å². The van der Waals surface area contributed by atoms with Crippen molar-refractivity contribution in [2.75, 3.05) is 12.4 Å². The number of nitrogens with one attached hydrogen (secondary N) is 2. The molecular formula is C21H25N3O5. The number of nitrogens with zero attached hydrogens (tertiary/aromatic N) is 1. The Balaban J connectivity index is 2.12. The van der Waals surface area contributed by atoms with Gasteiger partial charge in [-0.05, 0) is 36.5 Å². The first-order chi connectivity index (χ1) is 13.9. The van der Waals surface area contributed by atoms with Gasteiger partial charge in [-0.3, -0.25) is 24.5 Å². The van der Waals surface area contributed by atoms with Gasteiger partial charge in [0.15, 0.2) is 6.29 Å².